The van der Waals surface area contributed by atoms with Crippen LogP contribution < -0.4 is 18.9 Å². The van der Waals surface area contributed by atoms with E-state index in [0.29, 0.717) is 4.90 Å². The van der Waals surface area contributed by atoms with Crippen LogP contribution in [0, 0.1) is 0 Å². The Balaban J connectivity index is 0.00000112. The predicted octanol–water partition coefficient (Wildman–Crippen LogP) is -2.08. The molecule has 15 heavy (non-hydrogen) atoms. The molecule has 1 heterocycles. The summed E-state index contributed by atoms with van der Waals surface area (Å²) in [5.41, 5.74) is 2.41. The maximum Gasteiger partial charge on any atom is 1.00 e. The standard InChI is InChI=1S/C10H13NO2S.Li/c1-11-5-4-8-6-10(14(12)13)3-2-9(8)7-11;/h2-3,6H,4-5,7H2,1H3,(H,12,13);/q;+1/p-1. The zero-order chi connectivity index (χ0) is 10.1. The van der Waals surface area contributed by atoms with Crippen LogP contribution in [0.15, 0.2) is 23.1 Å². The van der Waals surface area contributed by atoms with Gasteiger partial charge in [0.1, 0.15) is 0 Å². The Hall–Kier alpha value is -0.113. The van der Waals surface area contributed by atoms with Crippen LogP contribution in [0.3, 0.4) is 0 Å². The van der Waals surface area contributed by atoms with Gasteiger partial charge in [0, 0.05) is 18.0 Å². The van der Waals surface area contributed by atoms with Crippen molar-refractivity contribution in [2.24, 2.45) is 0 Å². The summed E-state index contributed by atoms with van der Waals surface area (Å²) in [6.45, 7) is 1.92. The fourth-order valence-electron chi connectivity index (χ4n) is 1.77. The molecule has 0 spiro atoms. The molecule has 3 nitrogen and oxygen atoms in total. The van der Waals surface area contributed by atoms with E-state index in [1.54, 1.807) is 12.1 Å². The molecule has 5 heteroatoms. The molecular weight excluding hydrogens is 205 g/mol. The molecule has 1 unspecified atom stereocenters. The van der Waals surface area contributed by atoms with E-state index >= 15 is 0 Å². The second-order valence-electron chi connectivity index (χ2n) is 3.65. The second kappa shape index (κ2) is 5.29. The molecule has 0 saturated carbocycles. The van der Waals surface area contributed by atoms with Gasteiger partial charge >= 0.3 is 18.9 Å². The van der Waals surface area contributed by atoms with E-state index in [1.165, 1.54) is 11.1 Å². The minimum Gasteiger partial charge on any atom is -0.768 e. The van der Waals surface area contributed by atoms with Crippen LogP contribution >= 0.6 is 0 Å². The zero-order valence-electron chi connectivity index (χ0n) is 9.03. The minimum absolute atomic E-state index is 0. The molecule has 0 saturated heterocycles. The summed E-state index contributed by atoms with van der Waals surface area (Å²) in [5.74, 6) is 0. The van der Waals surface area contributed by atoms with Crippen molar-refractivity contribution < 1.29 is 27.6 Å². The van der Waals surface area contributed by atoms with Gasteiger partial charge in [-0.15, -0.1) is 0 Å². The molecule has 0 amide bonds. The number of fused-ring (bicyclic) bond motifs is 1. The molecule has 1 aliphatic heterocycles. The van der Waals surface area contributed by atoms with E-state index in [0.717, 1.165) is 19.5 Å². The Bertz CT molecular complexity index is 384. The molecule has 76 valence electrons. The smallest absolute Gasteiger partial charge is 0.768 e. The Morgan fingerprint density at radius 1 is 1.40 bits per heavy atom. The quantitative estimate of drug-likeness (QED) is 0.400. The maximum atomic E-state index is 10.7. The van der Waals surface area contributed by atoms with Gasteiger partial charge in [-0.3, -0.25) is 4.21 Å². The first-order chi connectivity index (χ1) is 6.66. The van der Waals surface area contributed by atoms with Gasteiger partial charge in [0.15, 0.2) is 0 Å². The number of rotatable bonds is 1. The van der Waals surface area contributed by atoms with Crippen molar-refractivity contribution in [3.63, 3.8) is 0 Å². The summed E-state index contributed by atoms with van der Waals surface area (Å²) in [6, 6.07) is 5.36. The van der Waals surface area contributed by atoms with Crippen molar-refractivity contribution >= 4 is 11.1 Å². The van der Waals surface area contributed by atoms with E-state index in [-0.39, 0.29) is 18.9 Å². The summed E-state index contributed by atoms with van der Waals surface area (Å²) in [7, 11) is 2.07. The van der Waals surface area contributed by atoms with E-state index in [4.69, 9.17) is 0 Å². The van der Waals surface area contributed by atoms with Gasteiger partial charge in [-0.1, -0.05) is 6.07 Å². The number of likely N-dealkylation sites (N-methyl/N-ethyl adjacent to an activating group) is 1. The van der Waals surface area contributed by atoms with E-state index in [2.05, 4.69) is 11.9 Å². The third kappa shape index (κ3) is 2.93. The van der Waals surface area contributed by atoms with Crippen molar-refractivity contribution in [1.29, 1.82) is 0 Å². The van der Waals surface area contributed by atoms with E-state index in [9.17, 15) is 8.76 Å². The van der Waals surface area contributed by atoms with Gasteiger partial charge in [-0.05, 0) is 47.8 Å². The molecule has 1 aliphatic rings. The van der Waals surface area contributed by atoms with Gasteiger partial charge in [-0.2, -0.15) is 0 Å². The number of benzene rings is 1. The summed E-state index contributed by atoms with van der Waals surface area (Å²) >= 11 is -2.10. The average molecular weight is 217 g/mol. The van der Waals surface area contributed by atoms with Crippen LogP contribution in [0.5, 0.6) is 0 Å². The Morgan fingerprint density at radius 2 is 2.13 bits per heavy atom. The Kier molecular flexibility index (Phi) is 4.57. The Labute approximate surface area is 104 Å². The normalized spacial score (nSPS) is 17.7. The van der Waals surface area contributed by atoms with Crippen molar-refractivity contribution in [2.45, 2.75) is 17.9 Å². The average Bonchev–Trinajstić information content (AvgIpc) is 2.16. The molecule has 0 radical (unpaired) electrons. The van der Waals surface area contributed by atoms with Crippen LogP contribution in [0.2, 0.25) is 0 Å². The van der Waals surface area contributed by atoms with Crippen molar-refractivity contribution in [2.75, 3.05) is 13.6 Å². The van der Waals surface area contributed by atoms with E-state index < -0.39 is 11.1 Å². The van der Waals surface area contributed by atoms with Crippen LogP contribution in [0.25, 0.3) is 0 Å². The van der Waals surface area contributed by atoms with Crippen LogP contribution in [-0.4, -0.2) is 27.3 Å². The third-order valence-corrected chi connectivity index (χ3v) is 3.21. The molecule has 0 bridgehead atoms. The van der Waals surface area contributed by atoms with Gasteiger partial charge < -0.3 is 9.45 Å². The molecule has 2 rings (SSSR count). The molecule has 1 aromatic carbocycles. The molecule has 1 aromatic rings. The maximum absolute atomic E-state index is 10.7. The predicted molar refractivity (Wildman–Crippen MR) is 53.7 cm³/mol. The van der Waals surface area contributed by atoms with Crippen molar-refractivity contribution in [3.8, 4) is 0 Å². The van der Waals surface area contributed by atoms with Crippen molar-refractivity contribution in [3.05, 3.63) is 29.3 Å². The molecule has 0 fully saturated rings. The topological polar surface area (TPSA) is 43.4 Å². The van der Waals surface area contributed by atoms with Gasteiger partial charge in [0.25, 0.3) is 0 Å². The molecule has 0 N–H and O–H groups in total. The summed E-state index contributed by atoms with van der Waals surface area (Å²) in [6.07, 6.45) is 0.941. The molecule has 1 atom stereocenters. The number of hydrogen-bond acceptors (Lipinski definition) is 3. The van der Waals surface area contributed by atoms with Crippen LogP contribution in [0.4, 0.5) is 0 Å². The summed E-state index contributed by atoms with van der Waals surface area (Å²) in [4.78, 5) is 2.63. The van der Waals surface area contributed by atoms with Gasteiger partial charge in [-0.25, -0.2) is 0 Å². The zero-order valence-corrected chi connectivity index (χ0v) is 9.84. The SMILES string of the molecule is CN1CCc2cc(S(=O)[O-])ccc2C1.[Li+]. The molecule has 0 aromatic heterocycles. The van der Waals surface area contributed by atoms with Crippen LogP contribution in [-0.2, 0) is 24.0 Å². The van der Waals surface area contributed by atoms with Gasteiger partial charge in [0.05, 0.1) is 0 Å². The minimum atomic E-state index is -2.10. The third-order valence-electron chi connectivity index (χ3n) is 2.57. The molecular formula is C10H12LiNO2S. The first-order valence-corrected chi connectivity index (χ1v) is 5.64. The first kappa shape index (κ1) is 13.0. The first-order valence-electron chi connectivity index (χ1n) is 4.56. The second-order valence-corrected chi connectivity index (χ2v) is 4.59. The number of hydrogen-bond donors (Lipinski definition) is 0. The van der Waals surface area contributed by atoms with Crippen LogP contribution in [0.1, 0.15) is 11.1 Å². The fourth-order valence-corrected chi connectivity index (χ4v) is 2.19. The monoisotopic (exact) mass is 217 g/mol. The summed E-state index contributed by atoms with van der Waals surface area (Å²) < 4.78 is 21.5. The summed E-state index contributed by atoms with van der Waals surface area (Å²) in [5, 5.41) is 0. The largest absolute Gasteiger partial charge is 1.00 e. The van der Waals surface area contributed by atoms with Gasteiger partial charge in [0.2, 0.25) is 0 Å². The number of nitrogens with zero attached hydrogens (tertiary/aromatic N) is 1. The van der Waals surface area contributed by atoms with Crippen molar-refractivity contribution in [1.82, 2.24) is 4.90 Å². The fraction of sp³-hybridized carbons (Fsp3) is 0.400. The van der Waals surface area contributed by atoms with E-state index in [1.807, 2.05) is 6.07 Å². The molecule has 0 aliphatic carbocycles. The Morgan fingerprint density at radius 3 is 2.80 bits per heavy atom.